The molecule has 3 nitrogen and oxygen atoms in total. The van der Waals surface area contributed by atoms with E-state index in [-0.39, 0.29) is 17.9 Å². The summed E-state index contributed by atoms with van der Waals surface area (Å²) in [5.74, 6) is 0.249. The van der Waals surface area contributed by atoms with Gasteiger partial charge in [-0.05, 0) is 93.6 Å². The zero-order chi connectivity index (χ0) is 21.1. The smallest absolute Gasteiger partial charge is 0.223 e. The minimum atomic E-state index is 0.0241. The molecular formula is C24H30Cl2N2O. The maximum absolute atomic E-state index is 12.8. The molecule has 1 aliphatic heterocycles. The van der Waals surface area contributed by atoms with E-state index in [2.05, 4.69) is 50.0 Å². The normalized spacial score (nSPS) is 16.6. The van der Waals surface area contributed by atoms with Crippen LogP contribution in [0.15, 0.2) is 30.3 Å². The van der Waals surface area contributed by atoms with Crippen molar-refractivity contribution in [2.75, 3.05) is 13.1 Å². The van der Waals surface area contributed by atoms with Gasteiger partial charge in [-0.1, -0.05) is 41.4 Å². The molecule has 0 radical (unpaired) electrons. The number of nitrogens with one attached hydrogen (secondary N) is 1. The molecule has 0 spiro atoms. The van der Waals surface area contributed by atoms with Crippen LogP contribution in [0.1, 0.15) is 53.6 Å². The van der Waals surface area contributed by atoms with Crippen molar-refractivity contribution in [3.05, 3.63) is 68.2 Å². The molecule has 156 valence electrons. The average molecular weight is 433 g/mol. The summed E-state index contributed by atoms with van der Waals surface area (Å²) in [4.78, 5) is 15.2. The van der Waals surface area contributed by atoms with E-state index in [4.69, 9.17) is 23.2 Å². The van der Waals surface area contributed by atoms with Gasteiger partial charge in [0.2, 0.25) is 5.91 Å². The standard InChI is InChI=1S/C24H30Cl2N2O/c1-15-11-17(3)21(12-16(15)2)18(4)27-24(29)20-7-9-28(10-8-20)14-19-5-6-22(25)23(26)13-19/h5-6,11-13,18,20H,7-10,14H2,1-4H3,(H,27,29)/t18-/m0/s1. The number of halogens is 2. The van der Waals surface area contributed by atoms with Crippen LogP contribution in [0.3, 0.4) is 0 Å². The highest BCUT2D eigenvalue weighted by molar-refractivity contribution is 6.42. The Balaban J connectivity index is 1.53. The lowest BCUT2D eigenvalue weighted by Gasteiger charge is -2.32. The second-order valence-corrected chi connectivity index (χ2v) is 9.14. The Labute approximate surface area is 184 Å². The number of benzene rings is 2. The lowest BCUT2D eigenvalue weighted by Crippen LogP contribution is -2.41. The Morgan fingerprint density at radius 2 is 1.69 bits per heavy atom. The molecule has 5 heteroatoms. The third-order valence-electron chi connectivity index (χ3n) is 6.06. The average Bonchev–Trinajstić information content (AvgIpc) is 2.68. The van der Waals surface area contributed by atoms with Gasteiger partial charge in [0.15, 0.2) is 0 Å². The Bertz CT molecular complexity index is 889. The van der Waals surface area contributed by atoms with Crippen molar-refractivity contribution in [1.82, 2.24) is 10.2 Å². The summed E-state index contributed by atoms with van der Waals surface area (Å²) in [6.07, 6.45) is 1.76. The van der Waals surface area contributed by atoms with Crippen molar-refractivity contribution in [1.29, 1.82) is 0 Å². The highest BCUT2D eigenvalue weighted by atomic mass is 35.5. The molecule has 1 amide bonds. The van der Waals surface area contributed by atoms with Gasteiger partial charge in [-0.25, -0.2) is 0 Å². The molecule has 1 N–H and O–H groups in total. The predicted molar refractivity (Wildman–Crippen MR) is 122 cm³/mol. The molecule has 0 aliphatic carbocycles. The highest BCUT2D eigenvalue weighted by Gasteiger charge is 2.26. The number of aryl methyl sites for hydroxylation is 3. The summed E-state index contributed by atoms with van der Waals surface area (Å²) in [6.45, 7) is 11.1. The van der Waals surface area contributed by atoms with E-state index in [1.54, 1.807) is 0 Å². The number of likely N-dealkylation sites (tertiary alicyclic amines) is 1. The first-order valence-corrected chi connectivity index (χ1v) is 11.0. The van der Waals surface area contributed by atoms with E-state index < -0.39 is 0 Å². The van der Waals surface area contributed by atoms with Crippen LogP contribution in [0.2, 0.25) is 10.0 Å². The van der Waals surface area contributed by atoms with Crippen LogP contribution in [0, 0.1) is 26.7 Å². The van der Waals surface area contributed by atoms with Crippen LogP contribution in [0.25, 0.3) is 0 Å². The van der Waals surface area contributed by atoms with E-state index in [1.807, 2.05) is 18.2 Å². The summed E-state index contributed by atoms with van der Waals surface area (Å²) in [5.41, 5.74) is 6.15. The number of hydrogen-bond donors (Lipinski definition) is 1. The monoisotopic (exact) mass is 432 g/mol. The predicted octanol–water partition coefficient (Wildman–Crippen LogP) is 6.01. The summed E-state index contributed by atoms with van der Waals surface area (Å²) in [5, 5.41) is 4.42. The van der Waals surface area contributed by atoms with E-state index >= 15 is 0 Å². The molecule has 1 atom stereocenters. The van der Waals surface area contributed by atoms with Crippen molar-refractivity contribution in [2.24, 2.45) is 5.92 Å². The number of carbonyl (C=O) groups is 1. The zero-order valence-electron chi connectivity index (χ0n) is 17.7. The quantitative estimate of drug-likeness (QED) is 0.627. The Kier molecular flexibility index (Phi) is 7.26. The van der Waals surface area contributed by atoms with E-state index in [0.29, 0.717) is 10.0 Å². The Morgan fingerprint density at radius 3 is 2.34 bits per heavy atom. The number of piperidine rings is 1. The second kappa shape index (κ2) is 9.51. The number of rotatable bonds is 5. The van der Waals surface area contributed by atoms with Gasteiger partial charge < -0.3 is 5.32 Å². The molecule has 0 unspecified atom stereocenters. The van der Waals surface area contributed by atoms with Crippen molar-refractivity contribution >= 4 is 29.1 Å². The van der Waals surface area contributed by atoms with Gasteiger partial charge >= 0.3 is 0 Å². The molecule has 0 aromatic heterocycles. The molecule has 1 heterocycles. The van der Waals surface area contributed by atoms with Crippen LogP contribution < -0.4 is 5.32 Å². The fourth-order valence-corrected chi connectivity index (χ4v) is 4.43. The van der Waals surface area contributed by atoms with Crippen LogP contribution in [0.5, 0.6) is 0 Å². The van der Waals surface area contributed by atoms with E-state index in [1.165, 1.54) is 22.3 Å². The van der Waals surface area contributed by atoms with Gasteiger partial charge in [0.05, 0.1) is 16.1 Å². The maximum atomic E-state index is 12.8. The number of carbonyl (C=O) groups excluding carboxylic acids is 1. The van der Waals surface area contributed by atoms with E-state index in [0.717, 1.165) is 38.0 Å². The SMILES string of the molecule is Cc1cc(C)c([C@H](C)NC(=O)C2CCN(Cc3ccc(Cl)c(Cl)c3)CC2)cc1C. The summed E-state index contributed by atoms with van der Waals surface area (Å²) in [7, 11) is 0. The number of hydrogen-bond acceptors (Lipinski definition) is 2. The van der Waals surface area contributed by atoms with Crippen molar-refractivity contribution < 1.29 is 4.79 Å². The minimum Gasteiger partial charge on any atom is -0.349 e. The third kappa shape index (κ3) is 5.53. The molecule has 1 saturated heterocycles. The molecule has 1 aliphatic rings. The lowest BCUT2D eigenvalue weighted by atomic mass is 9.93. The number of nitrogens with zero attached hydrogens (tertiary/aromatic N) is 1. The Hall–Kier alpha value is -1.55. The number of amides is 1. The maximum Gasteiger partial charge on any atom is 0.223 e. The second-order valence-electron chi connectivity index (χ2n) is 8.32. The lowest BCUT2D eigenvalue weighted by molar-refractivity contribution is -0.127. The van der Waals surface area contributed by atoms with Crippen molar-refractivity contribution in [2.45, 2.75) is 53.1 Å². The third-order valence-corrected chi connectivity index (χ3v) is 6.80. The summed E-state index contributed by atoms with van der Waals surface area (Å²) in [6, 6.07) is 10.2. The Morgan fingerprint density at radius 1 is 1.03 bits per heavy atom. The van der Waals surface area contributed by atoms with Gasteiger partial charge in [-0.3, -0.25) is 9.69 Å². The van der Waals surface area contributed by atoms with Gasteiger partial charge in [0.1, 0.15) is 0 Å². The fraction of sp³-hybridized carbons (Fsp3) is 0.458. The highest BCUT2D eigenvalue weighted by Crippen LogP contribution is 2.26. The first-order chi connectivity index (χ1) is 13.7. The summed E-state index contributed by atoms with van der Waals surface area (Å²) >= 11 is 12.1. The molecular weight excluding hydrogens is 403 g/mol. The molecule has 2 aromatic carbocycles. The van der Waals surface area contributed by atoms with Gasteiger partial charge in [-0.2, -0.15) is 0 Å². The molecule has 3 rings (SSSR count). The molecule has 29 heavy (non-hydrogen) atoms. The van der Waals surface area contributed by atoms with Crippen molar-refractivity contribution in [3.8, 4) is 0 Å². The topological polar surface area (TPSA) is 32.3 Å². The van der Waals surface area contributed by atoms with Gasteiger partial charge in [0.25, 0.3) is 0 Å². The largest absolute Gasteiger partial charge is 0.349 e. The molecule has 0 saturated carbocycles. The molecule has 1 fully saturated rings. The first kappa shape index (κ1) is 22.1. The molecule has 0 bridgehead atoms. The van der Waals surface area contributed by atoms with Crippen LogP contribution >= 0.6 is 23.2 Å². The summed E-state index contributed by atoms with van der Waals surface area (Å²) < 4.78 is 0. The minimum absolute atomic E-state index is 0.0241. The van der Waals surface area contributed by atoms with Gasteiger partial charge in [-0.15, -0.1) is 0 Å². The van der Waals surface area contributed by atoms with E-state index in [9.17, 15) is 4.79 Å². The molecule has 2 aromatic rings. The fourth-order valence-electron chi connectivity index (χ4n) is 4.11. The van der Waals surface area contributed by atoms with Crippen LogP contribution in [-0.4, -0.2) is 23.9 Å². The van der Waals surface area contributed by atoms with Crippen LogP contribution in [0.4, 0.5) is 0 Å². The van der Waals surface area contributed by atoms with Crippen molar-refractivity contribution in [3.63, 3.8) is 0 Å². The first-order valence-electron chi connectivity index (χ1n) is 10.3. The van der Waals surface area contributed by atoms with Gasteiger partial charge in [0, 0.05) is 12.5 Å². The van der Waals surface area contributed by atoms with Crippen LogP contribution in [-0.2, 0) is 11.3 Å². The zero-order valence-corrected chi connectivity index (χ0v) is 19.2.